The van der Waals surface area contributed by atoms with Crippen molar-refractivity contribution in [3.05, 3.63) is 36.7 Å². The maximum absolute atomic E-state index is 6.32. The molecule has 1 aromatic heterocycles. The van der Waals surface area contributed by atoms with Crippen LogP contribution in [0.4, 0.5) is 23.0 Å². The van der Waals surface area contributed by atoms with Crippen LogP contribution in [0.3, 0.4) is 0 Å². The Labute approximate surface area is 148 Å². The average Bonchev–Trinajstić information content (AvgIpc) is 2.65. The first-order valence-corrected chi connectivity index (χ1v) is 8.60. The van der Waals surface area contributed by atoms with Crippen LogP contribution in [0, 0.1) is 0 Å². The SMILES string of the molecule is COCC(C)Nc1ncnc(N2CCN(c3ccccc3)CC2)c1N. The molecule has 2 heterocycles. The molecule has 1 fully saturated rings. The van der Waals surface area contributed by atoms with E-state index in [1.54, 1.807) is 13.4 Å². The van der Waals surface area contributed by atoms with Gasteiger partial charge >= 0.3 is 0 Å². The molecule has 1 aliphatic rings. The minimum absolute atomic E-state index is 0.130. The molecule has 3 rings (SSSR count). The second-order valence-electron chi connectivity index (χ2n) is 6.27. The number of benzene rings is 1. The highest BCUT2D eigenvalue weighted by Crippen LogP contribution is 2.28. The van der Waals surface area contributed by atoms with Crippen molar-refractivity contribution in [1.29, 1.82) is 0 Å². The van der Waals surface area contributed by atoms with Gasteiger partial charge in [0.15, 0.2) is 11.6 Å². The average molecular weight is 342 g/mol. The predicted octanol–water partition coefficient (Wildman–Crippen LogP) is 1.83. The van der Waals surface area contributed by atoms with E-state index in [0.717, 1.165) is 32.0 Å². The number of ether oxygens (including phenoxy) is 1. The molecular formula is C18H26N6O. The van der Waals surface area contributed by atoms with Crippen molar-refractivity contribution in [3.63, 3.8) is 0 Å². The fourth-order valence-electron chi connectivity index (χ4n) is 3.09. The quantitative estimate of drug-likeness (QED) is 0.829. The second kappa shape index (κ2) is 8.02. The Bertz CT molecular complexity index is 673. The smallest absolute Gasteiger partial charge is 0.157 e. The first-order valence-electron chi connectivity index (χ1n) is 8.60. The number of para-hydroxylation sites is 1. The summed E-state index contributed by atoms with van der Waals surface area (Å²) in [6.07, 6.45) is 1.57. The number of hydrogen-bond acceptors (Lipinski definition) is 7. The number of nitrogens with two attached hydrogens (primary N) is 1. The molecular weight excluding hydrogens is 316 g/mol. The highest BCUT2D eigenvalue weighted by molar-refractivity contribution is 5.75. The Hall–Kier alpha value is -2.54. The third-order valence-electron chi connectivity index (χ3n) is 4.36. The lowest BCUT2D eigenvalue weighted by atomic mass is 10.2. The molecule has 0 radical (unpaired) electrons. The van der Waals surface area contributed by atoms with Gasteiger partial charge in [0.25, 0.3) is 0 Å². The summed E-state index contributed by atoms with van der Waals surface area (Å²) < 4.78 is 5.15. The van der Waals surface area contributed by atoms with Crippen molar-refractivity contribution in [2.24, 2.45) is 0 Å². The Kier molecular flexibility index (Phi) is 5.55. The zero-order valence-electron chi connectivity index (χ0n) is 14.9. The highest BCUT2D eigenvalue weighted by atomic mass is 16.5. The van der Waals surface area contributed by atoms with Crippen molar-refractivity contribution >= 4 is 23.0 Å². The second-order valence-corrected chi connectivity index (χ2v) is 6.27. The molecule has 0 amide bonds. The first kappa shape index (κ1) is 17.3. The van der Waals surface area contributed by atoms with Crippen LogP contribution in [-0.4, -0.2) is 55.9 Å². The van der Waals surface area contributed by atoms with Crippen LogP contribution in [0.2, 0.25) is 0 Å². The van der Waals surface area contributed by atoms with E-state index in [-0.39, 0.29) is 6.04 Å². The largest absolute Gasteiger partial charge is 0.393 e. The fraction of sp³-hybridized carbons (Fsp3) is 0.444. The standard InChI is InChI=1S/C18H26N6O/c1-14(12-25-2)22-17-16(19)18(21-13-20-17)24-10-8-23(9-11-24)15-6-4-3-5-7-15/h3-7,13-14H,8-12,19H2,1-2H3,(H,20,21,22). The number of hydrogen-bond donors (Lipinski definition) is 2. The number of nitrogens with zero attached hydrogens (tertiary/aromatic N) is 4. The number of piperazine rings is 1. The molecule has 0 aliphatic carbocycles. The first-order chi connectivity index (χ1) is 12.2. The van der Waals surface area contributed by atoms with Crippen LogP contribution >= 0.6 is 0 Å². The van der Waals surface area contributed by atoms with E-state index in [1.165, 1.54) is 5.69 Å². The Morgan fingerprint density at radius 2 is 1.80 bits per heavy atom. The monoisotopic (exact) mass is 342 g/mol. The van der Waals surface area contributed by atoms with E-state index in [4.69, 9.17) is 10.5 Å². The van der Waals surface area contributed by atoms with Crippen LogP contribution in [-0.2, 0) is 4.74 Å². The van der Waals surface area contributed by atoms with Gasteiger partial charge in [-0.15, -0.1) is 0 Å². The summed E-state index contributed by atoms with van der Waals surface area (Å²) in [5.74, 6) is 1.47. The molecule has 1 unspecified atom stereocenters. The van der Waals surface area contributed by atoms with Gasteiger partial charge in [0.1, 0.15) is 12.0 Å². The molecule has 0 spiro atoms. The van der Waals surface area contributed by atoms with E-state index in [0.29, 0.717) is 18.1 Å². The van der Waals surface area contributed by atoms with E-state index >= 15 is 0 Å². The van der Waals surface area contributed by atoms with Gasteiger partial charge in [-0.2, -0.15) is 0 Å². The van der Waals surface area contributed by atoms with Gasteiger partial charge in [0, 0.05) is 45.0 Å². The van der Waals surface area contributed by atoms with Crippen molar-refractivity contribution in [1.82, 2.24) is 9.97 Å². The zero-order valence-corrected chi connectivity index (χ0v) is 14.9. The van der Waals surface area contributed by atoms with E-state index in [1.807, 2.05) is 13.0 Å². The maximum atomic E-state index is 6.32. The Morgan fingerprint density at radius 1 is 1.12 bits per heavy atom. The topological polar surface area (TPSA) is 79.5 Å². The lowest BCUT2D eigenvalue weighted by Gasteiger charge is -2.37. The van der Waals surface area contributed by atoms with Crippen LogP contribution in [0.5, 0.6) is 0 Å². The van der Waals surface area contributed by atoms with E-state index < -0.39 is 0 Å². The van der Waals surface area contributed by atoms with Gasteiger partial charge < -0.3 is 25.6 Å². The van der Waals surface area contributed by atoms with Gasteiger partial charge in [-0.05, 0) is 19.1 Å². The van der Waals surface area contributed by atoms with Crippen LogP contribution in [0.25, 0.3) is 0 Å². The molecule has 2 aromatic rings. The molecule has 0 saturated carbocycles. The van der Waals surface area contributed by atoms with Crippen molar-refractivity contribution in [2.45, 2.75) is 13.0 Å². The van der Waals surface area contributed by atoms with Gasteiger partial charge in [-0.3, -0.25) is 0 Å². The van der Waals surface area contributed by atoms with Crippen molar-refractivity contribution in [3.8, 4) is 0 Å². The maximum Gasteiger partial charge on any atom is 0.157 e. The number of aromatic nitrogens is 2. The lowest BCUT2D eigenvalue weighted by molar-refractivity contribution is 0.190. The summed E-state index contributed by atoms with van der Waals surface area (Å²) in [5, 5.41) is 3.29. The zero-order chi connectivity index (χ0) is 17.6. The summed E-state index contributed by atoms with van der Waals surface area (Å²) in [4.78, 5) is 13.3. The molecule has 25 heavy (non-hydrogen) atoms. The molecule has 1 aromatic carbocycles. The Morgan fingerprint density at radius 3 is 2.48 bits per heavy atom. The summed E-state index contributed by atoms with van der Waals surface area (Å²) in [5.41, 5.74) is 8.17. The van der Waals surface area contributed by atoms with Crippen LogP contribution in [0.15, 0.2) is 36.7 Å². The molecule has 1 saturated heterocycles. The van der Waals surface area contributed by atoms with E-state index in [2.05, 4.69) is 49.4 Å². The molecule has 0 bridgehead atoms. The minimum atomic E-state index is 0.130. The number of nitrogens with one attached hydrogen (secondary N) is 1. The van der Waals surface area contributed by atoms with Crippen molar-refractivity contribution in [2.75, 3.05) is 60.7 Å². The third kappa shape index (κ3) is 4.11. The van der Waals surface area contributed by atoms with Crippen LogP contribution in [0.1, 0.15) is 6.92 Å². The minimum Gasteiger partial charge on any atom is -0.393 e. The summed E-state index contributed by atoms with van der Waals surface area (Å²) in [6.45, 7) is 6.26. The number of anilines is 4. The molecule has 3 N–H and O–H groups in total. The summed E-state index contributed by atoms with van der Waals surface area (Å²) in [6, 6.07) is 10.6. The highest BCUT2D eigenvalue weighted by Gasteiger charge is 2.21. The molecule has 134 valence electrons. The van der Waals surface area contributed by atoms with Gasteiger partial charge in [-0.25, -0.2) is 9.97 Å². The third-order valence-corrected chi connectivity index (χ3v) is 4.36. The summed E-state index contributed by atoms with van der Waals surface area (Å²) >= 11 is 0. The van der Waals surface area contributed by atoms with E-state index in [9.17, 15) is 0 Å². The predicted molar refractivity (Wildman–Crippen MR) is 102 cm³/mol. The van der Waals surface area contributed by atoms with Crippen LogP contribution < -0.4 is 20.9 Å². The lowest BCUT2D eigenvalue weighted by Crippen LogP contribution is -2.47. The number of rotatable bonds is 6. The fourth-order valence-corrected chi connectivity index (χ4v) is 3.09. The number of nitrogen functional groups attached to an aromatic ring is 1. The summed E-state index contributed by atoms with van der Waals surface area (Å²) in [7, 11) is 1.68. The van der Waals surface area contributed by atoms with Crippen molar-refractivity contribution < 1.29 is 4.74 Å². The Balaban J connectivity index is 1.67. The molecule has 7 heteroatoms. The normalized spacial score (nSPS) is 15.9. The molecule has 1 atom stereocenters. The van der Waals surface area contributed by atoms with Gasteiger partial charge in [0.05, 0.1) is 6.61 Å². The molecule has 7 nitrogen and oxygen atoms in total. The van der Waals surface area contributed by atoms with Gasteiger partial charge in [-0.1, -0.05) is 18.2 Å². The molecule has 1 aliphatic heterocycles. The van der Waals surface area contributed by atoms with Gasteiger partial charge in [0.2, 0.25) is 0 Å². The number of methoxy groups -OCH3 is 1.